The fourth-order valence-corrected chi connectivity index (χ4v) is 1.23. The molecule has 4 heteroatoms. The fourth-order valence-electron chi connectivity index (χ4n) is 0.386. The third-order valence-corrected chi connectivity index (χ3v) is 1.47. The Bertz CT molecular complexity index is 97.0. The maximum atomic E-state index is 10.0. The normalized spacial score (nSPS) is 12.8. The van der Waals surface area contributed by atoms with Gasteiger partial charge in [-0.2, -0.15) is 0 Å². The van der Waals surface area contributed by atoms with Crippen LogP contribution in [0.2, 0.25) is 0 Å². The summed E-state index contributed by atoms with van der Waals surface area (Å²) in [5, 5.41) is -0.229. The quantitative estimate of drug-likeness (QED) is 0.534. The molecule has 9 heavy (non-hydrogen) atoms. The van der Waals surface area contributed by atoms with Crippen molar-refractivity contribution in [1.82, 2.24) is 0 Å². The summed E-state index contributed by atoms with van der Waals surface area (Å²) in [7, 11) is 0. The van der Waals surface area contributed by atoms with Crippen molar-refractivity contribution in [3.05, 3.63) is 0 Å². The number of rotatable bonds is 3. The number of hydrogen-bond acceptors (Lipinski definition) is 2. The molecular weight excluding hydrogens is 207 g/mol. The fraction of sp³-hybridized carbons (Fsp3) is 0.800. The molecule has 0 spiro atoms. The Balaban J connectivity index is 3.26. The number of halogens is 2. The summed E-state index contributed by atoms with van der Waals surface area (Å²) in [5.74, 6) is 0. The highest BCUT2D eigenvalue weighted by Gasteiger charge is 2.05. The lowest BCUT2D eigenvalue weighted by atomic mass is 10.4. The first kappa shape index (κ1) is 9.24. The highest BCUT2D eigenvalue weighted by Crippen LogP contribution is 2.10. The van der Waals surface area contributed by atoms with Crippen LogP contribution >= 0.6 is 27.5 Å². The lowest BCUT2D eigenvalue weighted by molar-refractivity contribution is 0.161. The molecule has 0 heterocycles. The van der Waals surface area contributed by atoms with E-state index >= 15 is 0 Å². The first-order valence-corrected chi connectivity index (χ1v) is 3.96. The van der Waals surface area contributed by atoms with E-state index in [1.54, 1.807) is 0 Å². The Morgan fingerprint density at radius 1 is 1.89 bits per heavy atom. The molecule has 0 aromatic rings. The molecule has 0 rings (SSSR count). The number of alkyl halides is 1. The van der Waals surface area contributed by atoms with Crippen LogP contribution < -0.4 is 0 Å². The zero-order valence-corrected chi connectivity index (χ0v) is 7.41. The van der Waals surface area contributed by atoms with Gasteiger partial charge in [0.15, 0.2) is 5.01 Å². The van der Waals surface area contributed by atoms with E-state index in [1.807, 2.05) is 6.92 Å². The van der Waals surface area contributed by atoms with Crippen LogP contribution in [0.1, 0.15) is 19.8 Å². The average Bonchev–Trinajstić information content (AvgIpc) is 1.63. The van der Waals surface area contributed by atoms with E-state index in [-0.39, 0.29) is 5.01 Å². The Kier molecular flexibility index (Phi) is 5.19. The molecule has 0 N–H and O–H groups in total. The van der Waals surface area contributed by atoms with Crippen LogP contribution in [-0.4, -0.2) is 10.4 Å². The second-order valence-corrected chi connectivity index (χ2v) is 2.88. The summed E-state index contributed by atoms with van der Waals surface area (Å²) < 4.78 is 4.53. The summed E-state index contributed by atoms with van der Waals surface area (Å²) in [6, 6.07) is 0. The molecule has 1 unspecified atom stereocenters. The largest absolute Gasteiger partial charge is 0.439 e. The van der Waals surface area contributed by atoms with E-state index in [0.717, 1.165) is 12.8 Å². The van der Waals surface area contributed by atoms with E-state index < -0.39 is 5.43 Å². The Labute approximate surface area is 67.6 Å². The van der Waals surface area contributed by atoms with Crippen molar-refractivity contribution in [1.29, 1.82) is 0 Å². The molecule has 0 aliphatic carbocycles. The van der Waals surface area contributed by atoms with E-state index in [0.29, 0.717) is 0 Å². The highest BCUT2D eigenvalue weighted by atomic mass is 79.9. The van der Waals surface area contributed by atoms with E-state index in [9.17, 15) is 4.79 Å². The molecule has 0 aliphatic heterocycles. The van der Waals surface area contributed by atoms with Crippen molar-refractivity contribution in [3.63, 3.8) is 0 Å². The van der Waals surface area contributed by atoms with Gasteiger partial charge < -0.3 is 4.74 Å². The van der Waals surface area contributed by atoms with Crippen molar-refractivity contribution in [3.8, 4) is 0 Å². The molecule has 0 aromatic carbocycles. The van der Waals surface area contributed by atoms with Gasteiger partial charge >= 0.3 is 5.43 Å². The summed E-state index contributed by atoms with van der Waals surface area (Å²) >= 11 is 8.03. The van der Waals surface area contributed by atoms with Gasteiger partial charge in [-0.3, -0.25) is 0 Å². The zero-order valence-electron chi connectivity index (χ0n) is 5.06. The molecule has 54 valence electrons. The molecular formula is C5H8BrClO2. The van der Waals surface area contributed by atoms with Crippen molar-refractivity contribution in [2.45, 2.75) is 24.8 Å². The van der Waals surface area contributed by atoms with Gasteiger partial charge in [-0.05, 0) is 22.4 Å². The van der Waals surface area contributed by atoms with Gasteiger partial charge in [-0.15, -0.1) is 0 Å². The first-order chi connectivity index (χ1) is 4.16. The van der Waals surface area contributed by atoms with Gasteiger partial charge in [0, 0.05) is 11.6 Å². The third-order valence-electron chi connectivity index (χ3n) is 0.736. The molecule has 2 nitrogen and oxygen atoms in total. The van der Waals surface area contributed by atoms with Crippen molar-refractivity contribution >= 4 is 33.0 Å². The van der Waals surface area contributed by atoms with Crippen molar-refractivity contribution in [2.24, 2.45) is 0 Å². The second-order valence-electron chi connectivity index (χ2n) is 1.55. The average molecular weight is 215 g/mol. The minimum atomic E-state index is -0.759. The van der Waals surface area contributed by atoms with Gasteiger partial charge in [0.25, 0.3) is 0 Å². The molecule has 0 bridgehead atoms. The van der Waals surface area contributed by atoms with Crippen LogP contribution in [0.4, 0.5) is 4.79 Å². The van der Waals surface area contributed by atoms with Crippen LogP contribution in [0.15, 0.2) is 0 Å². The summed E-state index contributed by atoms with van der Waals surface area (Å²) in [5.41, 5.74) is -0.759. The second kappa shape index (κ2) is 5.06. The summed E-state index contributed by atoms with van der Waals surface area (Å²) in [4.78, 5) is 10.0. The molecule has 0 amide bonds. The smallest absolute Gasteiger partial charge is 0.404 e. The Morgan fingerprint density at radius 2 is 2.44 bits per heavy atom. The molecule has 0 radical (unpaired) electrons. The maximum absolute atomic E-state index is 10.0. The topological polar surface area (TPSA) is 26.3 Å². The number of ether oxygens (including phenoxy) is 1. The molecule has 0 saturated carbocycles. The summed E-state index contributed by atoms with van der Waals surface area (Å²) in [6.07, 6.45) is 1.75. The van der Waals surface area contributed by atoms with E-state index in [1.165, 1.54) is 0 Å². The lowest BCUT2D eigenvalue weighted by Crippen LogP contribution is -2.04. The minimum Gasteiger partial charge on any atom is -0.439 e. The molecule has 0 saturated heterocycles. The highest BCUT2D eigenvalue weighted by molar-refractivity contribution is 9.09. The molecule has 0 aromatic heterocycles. The zero-order chi connectivity index (χ0) is 7.28. The molecule has 1 atom stereocenters. The number of carbonyl (C=O) groups is 1. The monoisotopic (exact) mass is 214 g/mol. The predicted octanol–water partition coefficient (Wildman–Crippen LogP) is 2.88. The molecule has 0 fully saturated rings. The Hall–Kier alpha value is 0.240. The van der Waals surface area contributed by atoms with Crippen LogP contribution in [0.5, 0.6) is 0 Å². The van der Waals surface area contributed by atoms with Gasteiger partial charge in [0.1, 0.15) is 0 Å². The lowest BCUT2D eigenvalue weighted by Gasteiger charge is -2.05. The SMILES string of the molecule is CCCC(Br)OC(=O)Cl. The van der Waals surface area contributed by atoms with E-state index in [2.05, 4.69) is 20.7 Å². The van der Waals surface area contributed by atoms with Gasteiger partial charge in [0.2, 0.25) is 0 Å². The van der Waals surface area contributed by atoms with E-state index in [4.69, 9.17) is 11.6 Å². The minimum absolute atomic E-state index is 0.229. The van der Waals surface area contributed by atoms with Crippen LogP contribution in [-0.2, 0) is 4.74 Å². The van der Waals surface area contributed by atoms with Gasteiger partial charge in [-0.1, -0.05) is 13.3 Å². The predicted molar refractivity (Wildman–Crippen MR) is 40.0 cm³/mol. The standard InChI is InChI=1S/C5H8BrClO2/c1-2-3-4(6)9-5(7)8/h4H,2-3H2,1H3. The Morgan fingerprint density at radius 3 is 2.78 bits per heavy atom. The van der Waals surface area contributed by atoms with Crippen LogP contribution in [0.25, 0.3) is 0 Å². The number of hydrogen-bond donors (Lipinski definition) is 0. The maximum Gasteiger partial charge on any atom is 0.404 e. The first-order valence-electron chi connectivity index (χ1n) is 2.67. The van der Waals surface area contributed by atoms with Crippen molar-refractivity contribution in [2.75, 3.05) is 0 Å². The van der Waals surface area contributed by atoms with Crippen LogP contribution in [0, 0.1) is 0 Å². The van der Waals surface area contributed by atoms with Crippen LogP contribution in [0.3, 0.4) is 0 Å². The third kappa shape index (κ3) is 6.12. The molecule has 0 aliphatic rings. The number of carbonyl (C=O) groups excluding carboxylic acids is 1. The van der Waals surface area contributed by atoms with Crippen molar-refractivity contribution < 1.29 is 9.53 Å². The van der Waals surface area contributed by atoms with Gasteiger partial charge in [0.05, 0.1) is 0 Å². The van der Waals surface area contributed by atoms with Gasteiger partial charge in [-0.25, -0.2) is 4.79 Å². The summed E-state index contributed by atoms with van der Waals surface area (Å²) in [6.45, 7) is 2.00.